The normalized spacial score (nSPS) is 16.8. The number of carbonyl (C=O) groups excluding carboxylic acids is 1. The number of benzene rings is 1. The molecule has 106 valence electrons. The number of carbonyl (C=O) groups is 1. The molecule has 1 aromatic rings. The molecule has 0 radical (unpaired) electrons. The molecule has 2 rings (SSSR count). The molecule has 4 heteroatoms. The van der Waals surface area contributed by atoms with Gasteiger partial charge in [-0.1, -0.05) is 18.2 Å². The maximum absolute atomic E-state index is 12.2. The van der Waals surface area contributed by atoms with Crippen LogP contribution in [0.1, 0.15) is 24.0 Å². The predicted molar refractivity (Wildman–Crippen MR) is 82.0 cm³/mol. The lowest BCUT2D eigenvalue weighted by Crippen LogP contribution is -2.36. The number of halogens is 1. The van der Waals surface area contributed by atoms with Crippen LogP contribution in [0.2, 0.25) is 0 Å². The average molecular weight is 283 g/mol. The number of hydrogen-bond donors (Lipinski definition) is 1. The van der Waals surface area contributed by atoms with Crippen LogP contribution in [0.15, 0.2) is 18.2 Å². The molecular weight excluding hydrogens is 260 g/mol. The number of hydrogen-bond acceptors (Lipinski definition) is 2. The van der Waals surface area contributed by atoms with Gasteiger partial charge in [0.1, 0.15) is 0 Å². The van der Waals surface area contributed by atoms with Gasteiger partial charge in [-0.2, -0.15) is 0 Å². The van der Waals surface area contributed by atoms with E-state index in [1.165, 1.54) is 0 Å². The Kier molecular flexibility index (Phi) is 5.83. The van der Waals surface area contributed by atoms with Crippen molar-refractivity contribution in [3.05, 3.63) is 29.3 Å². The fourth-order valence-corrected chi connectivity index (χ4v) is 2.51. The second-order valence-corrected chi connectivity index (χ2v) is 5.33. The standard InChI is InChI=1S/C15H22N2O.ClH/c1-11-5-4-6-12(2)14(11)16-15(18)13-7-9-17(3)10-8-13;/h4-6,13H,7-10H2,1-3H3,(H,16,18);1H. The number of rotatable bonds is 2. The second kappa shape index (κ2) is 6.92. The Bertz CT molecular complexity index is 420. The quantitative estimate of drug-likeness (QED) is 0.904. The van der Waals surface area contributed by atoms with E-state index < -0.39 is 0 Å². The maximum atomic E-state index is 12.2. The van der Waals surface area contributed by atoms with Gasteiger partial charge in [-0.25, -0.2) is 0 Å². The molecule has 1 fully saturated rings. The summed E-state index contributed by atoms with van der Waals surface area (Å²) >= 11 is 0. The third-order valence-electron chi connectivity index (χ3n) is 3.82. The van der Waals surface area contributed by atoms with Crippen LogP contribution < -0.4 is 5.32 Å². The van der Waals surface area contributed by atoms with Gasteiger partial charge >= 0.3 is 0 Å². The summed E-state index contributed by atoms with van der Waals surface area (Å²) in [6, 6.07) is 6.10. The van der Waals surface area contributed by atoms with Gasteiger partial charge in [0.2, 0.25) is 5.91 Å². The molecule has 19 heavy (non-hydrogen) atoms. The van der Waals surface area contributed by atoms with E-state index in [2.05, 4.69) is 17.3 Å². The molecule has 1 saturated heterocycles. The van der Waals surface area contributed by atoms with Gasteiger partial charge < -0.3 is 10.2 Å². The van der Waals surface area contributed by atoms with Crippen LogP contribution in [-0.4, -0.2) is 30.9 Å². The third-order valence-corrected chi connectivity index (χ3v) is 3.82. The Morgan fingerprint density at radius 1 is 1.21 bits per heavy atom. The van der Waals surface area contributed by atoms with E-state index in [-0.39, 0.29) is 24.2 Å². The lowest BCUT2D eigenvalue weighted by molar-refractivity contribution is -0.121. The molecule has 0 atom stereocenters. The van der Waals surface area contributed by atoms with E-state index in [9.17, 15) is 4.79 Å². The average Bonchev–Trinajstić information content (AvgIpc) is 2.34. The summed E-state index contributed by atoms with van der Waals surface area (Å²) in [4.78, 5) is 14.5. The van der Waals surface area contributed by atoms with Crippen LogP contribution in [0.4, 0.5) is 5.69 Å². The Morgan fingerprint density at radius 2 is 1.74 bits per heavy atom. The van der Waals surface area contributed by atoms with E-state index in [4.69, 9.17) is 0 Å². The van der Waals surface area contributed by atoms with Gasteiger partial charge in [-0.05, 0) is 58.0 Å². The number of nitrogens with zero attached hydrogens (tertiary/aromatic N) is 1. The van der Waals surface area contributed by atoms with Crippen molar-refractivity contribution in [2.75, 3.05) is 25.5 Å². The van der Waals surface area contributed by atoms with Gasteiger partial charge in [0, 0.05) is 11.6 Å². The SMILES string of the molecule is Cc1cccc(C)c1NC(=O)C1CCN(C)CC1.Cl. The van der Waals surface area contributed by atoms with Gasteiger partial charge in [-0.3, -0.25) is 4.79 Å². The zero-order chi connectivity index (χ0) is 13.1. The van der Waals surface area contributed by atoms with E-state index in [1.54, 1.807) is 0 Å². The summed E-state index contributed by atoms with van der Waals surface area (Å²) < 4.78 is 0. The predicted octanol–water partition coefficient (Wildman–Crippen LogP) is 3.01. The minimum atomic E-state index is 0. The van der Waals surface area contributed by atoms with Crippen molar-refractivity contribution in [3.63, 3.8) is 0 Å². The zero-order valence-electron chi connectivity index (χ0n) is 11.9. The van der Waals surface area contributed by atoms with Crippen molar-refractivity contribution >= 4 is 24.0 Å². The summed E-state index contributed by atoms with van der Waals surface area (Å²) in [6.07, 6.45) is 1.93. The molecule has 1 heterocycles. The molecule has 1 aliphatic heterocycles. The van der Waals surface area contributed by atoms with Crippen molar-refractivity contribution in [1.82, 2.24) is 4.90 Å². The minimum Gasteiger partial charge on any atom is -0.325 e. The van der Waals surface area contributed by atoms with Crippen molar-refractivity contribution in [3.8, 4) is 0 Å². The first-order chi connectivity index (χ1) is 8.58. The van der Waals surface area contributed by atoms with Gasteiger partial charge in [0.15, 0.2) is 0 Å². The van der Waals surface area contributed by atoms with Crippen molar-refractivity contribution < 1.29 is 4.79 Å². The summed E-state index contributed by atoms with van der Waals surface area (Å²) in [6.45, 7) is 6.12. The number of likely N-dealkylation sites (tertiary alicyclic amines) is 1. The molecule has 0 unspecified atom stereocenters. The van der Waals surface area contributed by atoms with Crippen LogP contribution in [-0.2, 0) is 4.79 Å². The molecule has 1 amide bonds. The van der Waals surface area contributed by atoms with Crippen LogP contribution >= 0.6 is 12.4 Å². The maximum Gasteiger partial charge on any atom is 0.227 e. The zero-order valence-corrected chi connectivity index (χ0v) is 12.7. The Labute approximate surface area is 121 Å². The minimum absolute atomic E-state index is 0. The van der Waals surface area contributed by atoms with E-state index in [0.717, 1.165) is 42.7 Å². The summed E-state index contributed by atoms with van der Waals surface area (Å²) in [5, 5.41) is 3.11. The van der Waals surface area contributed by atoms with Crippen LogP contribution in [0, 0.1) is 19.8 Å². The molecule has 0 bridgehead atoms. The largest absolute Gasteiger partial charge is 0.325 e. The van der Waals surface area contributed by atoms with Gasteiger partial charge in [0.05, 0.1) is 0 Å². The van der Waals surface area contributed by atoms with E-state index >= 15 is 0 Å². The number of amides is 1. The first kappa shape index (κ1) is 16.0. The first-order valence-electron chi connectivity index (χ1n) is 6.63. The fraction of sp³-hybridized carbons (Fsp3) is 0.533. The first-order valence-corrected chi connectivity index (χ1v) is 6.63. The molecule has 1 aromatic carbocycles. The molecule has 3 nitrogen and oxygen atoms in total. The van der Waals surface area contributed by atoms with Crippen molar-refractivity contribution in [1.29, 1.82) is 0 Å². The van der Waals surface area contributed by atoms with Gasteiger partial charge in [-0.15, -0.1) is 12.4 Å². The van der Waals surface area contributed by atoms with Crippen molar-refractivity contribution in [2.45, 2.75) is 26.7 Å². The number of piperidine rings is 1. The third kappa shape index (κ3) is 3.95. The molecule has 1 aliphatic rings. The highest BCUT2D eigenvalue weighted by Gasteiger charge is 2.23. The van der Waals surface area contributed by atoms with E-state index in [1.807, 2.05) is 32.0 Å². The summed E-state index contributed by atoms with van der Waals surface area (Å²) in [5.74, 6) is 0.348. The molecular formula is C15H23ClN2O. The number of anilines is 1. The highest BCUT2D eigenvalue weighted by molar-refractivity contribution is 5.94. The van der Waals surface area contributed by atoms with Crippen LogP contribution in [0.3, 0.4) is 0 Å². The summed E-state index contributed by atoms with van der Waals surface area (Å²) in [7, 11) is 2.11. The van der Waals surface area contributed by atoms with Crippen molar-refractivity contribution in [2.24, 2.45) is 5.92 Å². The molecule has 0 saturated carbocycles. The molecule has 1 N–H and O–H groups in total. The molecule has 0 aliphatic carbocycles. The number of aryl methyl sites for hydroxylation is 2. The fourth-order valence-electron chi connectivity index (χ4n) is 2.51. The van der Waals surface area contributed by atoms with Crippen LogP contribution in [0.5, 0.6) is 0 Å². The highest BCUT2D eigenvalue weighted by Crippen LogP contribution is 2.23. The smallest absolute Gasteiger partial charge is 0.227 e. The molecule has 0 spiro atoms. The lowest BCUT2D eigenvalue weighted by Gasteiger charge is -2.28. The number of nitrogens with one attached hydrogen (secondary N) is 1. The Hall–Kier alpha value is -1.06. The monoisotopic (exact) mass is 282 g/mol. The Morgan fingerprint density at radius 3 is 2.26 bits per heavy atom. The van der Waals surface area contributed by atoms with Gasteiger partial charge in [0.25, 0.3) is 0 Å². The highest BCUT2D eigenvalue weighted by atomic mass is 35.5. The molecule has 0 aromatic heterocycles. The van der Waals surface area contributed by atoms with Crippen LogP contribution in [0.25, 0.3) is 0 Å². The number of para-hydroxylation sites is 1. The Balaban J connectivity index is 0.00000180. The second-order valence-electron chi connectivity index (χ2n) is 5.33. The topological polar surface area (TPSA) is 32.3 Å². The van der Waals surface area contributed by atoms with E-state index in [0.29, 0.717) is 0 Å². The lowest BCUT2D eigenvalue weighted by atomic mass is 9.96. The summed E-state index contributed by atoms with van der Waals surface area (Å²) in [5.41, 5.74) is 3.26.